The summed E-state index contributed by atoms with van der Waals surface area (Å²) in [5, 5.41) is 6.59. The highest BCUT2D eigenvalue weighted by Crippen LogP contribution is 2.31. The van der Waals surface area contributed by atoms with Crippen molar-refractivity contribution >= 4 is 11.3 Å². The van der Waals surface area contributed by atoms with Crippen LogP contribution in [0.15, 0.2) is 40.4 Å². The Bertz CT molecular complexity index is 664. The zero-order valence-corrected chi connectivity index (χ0v) is 11.1. The zero-order valence-electron chi connectivity index (χ0n) is 10.2. The van der Waals surface area contributed by atoms with E-state index < -0.39 is 0 Å². The summed E-state index contributed by atoms with van der Waals surface area (Å²) in [6.45, 7) is 2.03. The highest BCUT2D eigenvalue weighted by atomic mass is 32.1. The van der Waals surface area contributed by atoms with Crippen LogP contribution >= 0.6 is 11.3 Å². The fourth-order valence-corrected chi connectivity index (χ4v) is 2.33. The third kappa shape index (κ3) is 2.63. The molecule has 1 aromatic carbocycles. The summed E-state index contributed by atoms with van der Waals surface area (Å²) in [7, 11) is 0. The van der Waals surface area contributed by atoms with Gasteiger partial charge in [0.1, 0.15) is 10.8 Å². The number of benzene rings is 1. The van der Waals surface area contributed by atoms with Gasteiger partial charge < -0.3 is 9.26 Å². The van der Waals surface area contributed by atoms with Crippen LogP contribution in [0.25, 0.3) is 10.6 Å². The van der Waals surface area contributed by atoms with E-state index in [0.717, 1.165) is 16.3 Å². The molecule has 2 heterocycles. The van der Waals surface area contributed by atoms with Crippen LogP contribution in [0.2, 0.25) is 0 Å². The Morgan fingerprint density at radius 2 is 2.21 bits per heavy atom. The number of nitrogens with zero attached hydrogens (tertiary/aromatic N) is 3. The smallest absolute Gasteiger partial charge is 0.264 e. The molecule has 0 spiro atoms. The summed E-state index contributed by atoms with van der Waals surface area (Å²) in [4.78, 5) is 8.40. The Labute approximate surface area is 113 Å². The van der Waals surface area contributed by atoms with E-state index in [9.17, 15) is 0 Å². The molecule has 0 saturated carbocycles. The maximum Gasteiger partial charge on any atom is 0.264 e. The van der Waals surface area contributed by atoms with Gasteiger partial charge in [-0.25, -0.2) is 4.98 Å². The molecule has 0 aliphatic carbocycles. The van der Waals surface area contributed by atoms with E-state index in [1.165, 1.54) is 0 Å². The van der Waals surface area contributed by atoms with Gasteiger partial charge in [-0.05, 0) is 19.1 Å². The molecule has 0 bridgehead atoms. The number of thiazole rings is 1. The predicted octanol–water partition coefficient (Wildman–Crippen LogP) is 3.08. The maximum absolute atomic E-state index is 5.73. The van der Waals surface area contributed by atoms with Crippen molar-refractivity contribution in [2.24, 2.45) is 0 Å². The van der Waals surface area contributed by atoms with Crippen LogP contribution in [0.4, 0.5) is 0 Å². The fraction of sp³-hybridized carbons (Fsp3) is 0.154. The molecule has 96 valence electrons. The lowest BCUT2D eigenvalue weighted by Gasteiger charge is -2.07. The van der Waals surface area contributed by atoms with Crippen LogP contribution < -0.4 is 4.74 Å². The largest absolute Gasteiger partial charge is 0.483 e. The topological polar surface area (TPSA) is 61.0 Å². The lowest BCUT2D eigenvalue weighted by atomic mass is 10.2. The SMILES string of the molecule is Cc1noc(COc2ccccc2-c2nccs2)n1. The Morgan fingerprint density at radius 1 is 1.32 bits per heavy atom. The second-order valence-electron chi connectivity index (χ2n) is 3.86. The maximum atomic E-state index is 5.73. The summed E-state index contributed by atoms with van der Waals surface area (Å²) < 4.78 is 10.7. The first kappa shape index (κ1) is 11.9. The number of aryl methyl sites for hydroxylation is 1. The molecule has 0 atom stereocenters. The minimum atomic E-state index is 0.253. The normalized spacial score (nSPS) is 10.6. The van der Waals surface area contributed by atoms with Gasteiger partial charge in [0, 0.05) is 11.6 Å². The number of ether oxygens (including phenoxy) is 1. The molecule has 0 unspecified atom stereocenters. The second-order valence-corrected chi connectivity index (χ2v) is 4.75. The van der Waals surface area contributed by atoms with Crippen molar-refractivity contribution in [2.75, 3.05) is 0 Å². The van der Waals surface area contributed by atoms with Crippen molar-refractivity contribution in [1.29, 1.82) is 0 Å². The third-order valence-electron chi connectivity index (χ3n) is 2.47. The van der Waals surface area contributed by atoms with E-state index in [0.29, 0.717) is 11.7 Å². The van der Waals surface area contributed by atoms with Gasteiger partial charge in [0.15, 0.2) is 12.4 Å². The van der Waals surface area contributed by atoms with E-state index in [1.807, 2.05) is 29.6 Å². The van der Waals surface area contributed by atoms with Crippen LogP contribution in [-0.4, -0.2) is 15.1 Å². The Hall–Kier alpha value is -2.21. The van der Waals surface area contributed by atoms with E-state index in [2.05, 4.69) is 15.1 Å². The molecule has 0 saturated heterocycles. The van der Waals surface area contributed by atoms with Gasteiger partial charge in [0.2, 0.25) is 0 Å². The van der Waals surface area contributed by atoms with Crippen LogP contribution in [0.5, 0.6) is 5.75 Å². The number of hydrogen-bond acceptors (Lipinski definition) is 6. The molecule has 0 aliphatic heterocycles. The number of rotatable bonds is 4. The molecular weight excluding hydrogens is 262 g/mol. The quantitative estimate of drug-likeness (QED) is 0.731. The molecule has 5 nitrogen and oxygen atoms in total. The van der Waals surface area contributed by atoms with Crippen molar-refractivity contribution < 1.29 is 9.26 Å². The van der Waals surface area contributed by atoms with E-state index in [-0.39, 0.29) is 6.61 Å². The first-order valence-corrected chi connectivity index (χ1v) is 6.62. The standard InChI is InChI=1S/C13H11N3O2S/c1-9-15-12(18-16-9)8-17-11-5-3-2-4-10(11)13-14-6-7-19-13/h2-7H,8H2,1H3. The average molecular weight is 273 g/mol. The summed E-state index contributed by atoms with van der Waals surface area (Å²) in [5.74, 6) is 1.83. The summed E-state index contributed by atoms with van der Waals surface area (Å²) in [6.07, 6.45) is 1.78. The molecule has 6 heteroatoms. The zero-order chi connectivity index (χ0) is 13.1. The molecule has 0 N–H and O–H groups in total. The van der Waals surface area contributed by atoms with Crippen molar-refractivity contribution in [3.05, 3.63) is 47.6 Å². The van der Waals surface area contributed by atoms with Crippen LogP contribution in [-0.2, 0) is 6.61 Å². The monoisotopic (exact) mass is 273 g/mol. The van der Waals surface area contributed by atoms with E-state index in [1.54, 1.807) is 24.5 Å². The fourth-order valence-electron chi connectivity index (χ4n) is 1.66. The van der Waals surface area contributed by atoms with Gasteiger partial charge in [0.25, 0.3) is 5.89 Å². The third-order valence-corrected chi connectivity index (χ3v) is 3.28. The summed E-state index contributed by atoms with van der Waals surface area (Å²) >= 11 is 1.57. The molecule has 0 aliphatic rings. The Morgan fingerprint density at radius 3 is 2.95 bits per heavy atom. The van der Waals surface area contributed by atoms with Gasteiger partial charge in [-0.1, -0.05) is 17.3 Å². The van der Waals surface area contributed by atoms with Gasteiger partial charge in [-0.2, -0.15) is 4.98 Å². The average Bonchev–Trinajstić information content (AvgIpc) is 3.08. The van der Waals surface area contributed by atoms with Crippen LogP contribution in [0, 0.1) is 6.92 Å². The summed E-state index contributed by atoms with van der Waals surface area (Å²) in [6, 6.07) is 7.76. The molecule has 0 fully saturated rings. The van der Waals surface area contributed by atoms with Gasteiger partial charge in [-0.15, -0.1) is 11.3 Å². The van der Waals surface area contributed by atoms with Gasteiger partial charge in [0.05, 0.1) is 5.56 Å². The van der Waals surface area contributed by atoms with Crippen molar-refractivity contribution in [3.63, 3.8) is 0 Å². The minimum absolute atomic E-state index is 0.253. The first-order chi connectivity index (χ1) is 9.33. The molecule has 3 rings (SSSR count). The highest BCUT2D eigenvalue weighted by molar-refractivity contribution is 7.13. The second kappa shape index (κ2) is 5.19. The lowest BCUT2D eigenvalue weighted by Crippen LogP contribution is -1.97. The van der Waals surface area contributed by atoms with Crippen LogP contribution in [0.1, 0.15) is 11.7 Å². The van der Waals surface area contributed by atoms with E-state index in [4.69, 9.17) is 9.26 Å². The molecule has 3 aromatic rings. The van der Waals surface area contributed by atoms with Crippen molar-refractivity contribution in [3.8, 4) is 16.3 Å². The highest BCUT2D eigenvalue weighted by Gasteiger charge is 2.10. The Balaban J connectivity index is 1.81. The van der Waals surface area contributed by atoms with E-state index >= 15 is 0 Å². The minimum Gasteiger partial charge on any atom is -0.483 e. The molecule has 2 aromatic heterocycles. The lowest BCUT2D eigenvalue weighted by molar-refractivity contribution is 0.243. The number of aromatic nitrogens is 3. The number of hydrogen-bond donors (Lipinski definition) is 0. The number of para-hydroxylation sites is 1. The first-order valence-electron chi connectivity index (χ1n) is 5.74. The van der Waals surface area contributed by atoms with Crippen LogP contribution in [0.3, 0.4) is 0 Å². The van der Waals surface area contributed by atoms with Crippen molar-refractivity contribution in [1.82, 2.24) is 15.1 Å². The molecule has 0 radical (unpaired) electrons. The molecule has 19 heavy (non-hydrogen) atoms. The summed E-state index contributed by atoms with van der Waals surface area (Å²) in [5.41, 5.74) is 0.966. The van der Waals surface area contributed by atoms with Gasteiger partial charge >= 0.3 is 0 Å². The molecular formula is C13H11N3O2S. The van der Waals surface area contributed by atoms with Crippen molar-refractivity contribution in [2.45, 2.75) is 13.5 Å². The Kier molecular flexibility index (Phi) is 3.24. The van der Waals surface area contributed by atoms with Gasteiger partial charge in [-0.3, -0.25) is 0 Å². The predicted molar refractivity (Wildman–Crippen MR) is 70.9 cm³/mol. The molecule has 0 amide bonds.